The van der Waals surface area contributed by atoms with Gasteiger partial charge in [-0.25, -0.2) is 15.0 Å². The van der Waals surface area contributed by atoms with Gasteiger partial charge in [0, 0.05) is 5.92 Å². The smallest absolute Gasteiger partial charge is 0.167 e. The highest BCUT2D eigenvalue weighted by molar-refractivity contribution is 7.72. The first-order valence-electron chi connectivity index (χ1n) is 7.72. The van der Waals surface area contributed by atoms with Crippen molar-refractivity contribution in [2.75, 3.05) is 25.2 Å². The highest BCUT2D eigenvalue weighted by atomic mass is 31.2. The van der Waals surface area contributed by atoms with Gasteiger partial charge in [0.25, 0.3) is 0 Å². The van der Waals surface area contributed by atoms with Crippen molar-refractivity contribution in [3.63, 3.8) is 0 Å². The number of fused-ring (bicyclic) bond motifs is 1. The van der Waals surface area contributed by atoms with Crippen LogP contribution in [0.2, 0.25) is 0 Å². The summed E-state index contributed by atoms with van der Waals surface area (Å²) in [7, 11) is 0. The second-order valence-corrected chi connectivity index (χ2v) is 11.3. The summed E-state index contributed by atoms with van der Waals surface area (Å²) in [6.07, 6.45) is 8.10. The lowest BCUT2D eigenvalue weighted by molar-refractivity contribution is -0.0206. The molecule has 0 aromatic carbocycles. The first-order valence-corrected chi connectivity index (χ1v) is 10.8. The van der Waals surface area contributed by atoms with Gasteiger partial charge in [-0.2, -0.15) is 0 Å². The average Bonchev–Trinajstić information content (AvgIpc) is 3.01. The van der Waals surface area contributed by atoms with Crippen LogP contribution in [0.3, 0.4) is 0 Å². The maximum absolute atomic E-state index is 10.5. The Morgan fingerprint density at radius 3 is 2.83 bits per heavy atom. The number of aromatic nitrogens is 4. The predicted octanol–water partition coefficient (Wildman–Crippen LogP) is 1.40. The molecule has 1 fully saturated rings. The number of nitrogens with zero attached hydrogens (tertiary/aromatic N) is 4. The van der Waals surface area contributed by atoms with Crippen LogP contribution in [0.4, 0.5) is 5.82 Å². The molecule has 3 N–H and O–H groups in total. The molecule has 0 aliphatic carbocycles. The van der Waals surface area contributed by atoms with Crippen LogP contribution < -0.4 is 5.73 Å². The van der Waals surface area contributed by atoms with Crippen molar-refractivity contribution in [2.24, 2.45) is 5.92 Å². The van der Waals surface area contributed by atoms with E-state index in [1.807, 2.05) is 11.5 Å². The molecule has 2 aromatic heterocycles. The Morgan fingerprint density at radius 1 is 1.39 bits per heavy atom. The van der Waals surface area contributed by atoms with Crippen molar-refractivity contribution in [2.45, 2.75) is 31.8 Å². The van der Waals surface area contributed by atoms with Gasteiger partial charge in [-0.1, -0.05) is 6.92 Å². The summed E-state index contributed by atoms with van der Waals surface area (Å²) in [5, 5.41) is 10.5. The van der Waals surface area contributed by atoms with Crippen molar-refractivity contribution in [3.8, 4) is 0 Å². The summed E-state index contributed by atoms with van der Waals surface area (Å²) in [6.45, 7) is 5.23. The highest BCUT2D eigenvalue weighted by Crippen LogP contribution is 2.41. The van der Waals surface area contributed by atoms with Gasteiger partial charge in [-0.05, 0) is 25.9 Å². The highest BCUT2D eigenvalue weighted by Gasteiger charge is 2.42. The van der Waals surface area contributed by atoms with Gasteiger partial charge < -0.3 is 15.6 Å². The molecule has 0 amide bonds. The summed E-state index contributed by atoms with van der Waals surface area (Å²) >= 11 is 0. The van der Waals surface area contributed by atoms with Crippen LogP contribution in [0, 0.1) is 5.92 Å². The van der Waals surface area contributed by atoms with Crippen LogP contribution >= 0.6 is 6.89 Å². The molecule has 0 saturated carbocycles. The van der Waals surface area contributed by atoms with Gasteiger partial charge in [0.2, 0.25) is 0 Å². The molecule has 4 atom stereocenters. The molecule has 0 bridgehead atoms. The van der Waals surface area contributed by atoms with Gasteiger partial charge in [-0.3, -0.25) is 4.57 Å². The minimum absolute atomic E-state index is 0.0557. The molecule has 1 saturated heterocycles. The first kappa shape index (κ1) is 16.4. The zero-order valence-electron chi connectivity index (χ0n) is 13.8. The number of ether oxygens (including phenoxy) is 1. The third kappa shape index (κ3) is 3.13. The van der Waals surface area contributed by atoms with Crippen molar-refractivity contribution in [1.82, 2.24) is 19.5 Å². The van der Waals surface area contributed by atoms with E-state index in [0.29, 0.717) is 17.0 Å². The first-order chi connectivity index (χ1) is 10.8. The Bertz CT molecular complexity index is 755. The Balaban J connectivity index is 1.85. The normalized spacial score (nSPS) is 28.5. The average molecular weight is 337 g/mol. The zero-order valence-corrected chi connectivity index (χ0v) is 14.6. The number of hydrogen-bond acceptors (Lipinski definition) is 6. The molecule has 0 unspecified atom stereocenters. The Kier molecular flexibility index (Phi) is 4.21. The topological polar surface area (TPSA) is 99.1 Å². The Labute approximate surface area is 135 Å². The second kappa shape index (κ2) is 5.89. The molecule has 126 valence electrons. The standard InChI is InChI=1S/C15H24N5O2P/c1-9-12(21)10(5-6-23(2,3)4)22-15(9)20-8-19-11-13(16)17-7-18-14(11)20/h7-10,12,15,21H,2,5-6H2,1,3-4H3,(H2,16,17,18)/t9-,10-,12+,15-/m1/s1. The van der Waals surface area contributed by atoms with Crippen LogP contribution in [0.25, 0.3) is 11.2 Å². The molecular weight excluding hydrogens is 313 g/mol. The van der Waals surface area contributed by atoms with Gasteiger partial charge in [-0.15, -0.1) is 13.2 Å². The molecule has 1 aliphatic rings. The van der Waals surface area contributed by atoms with Gasteiger partial charge >= 0.3 is 0 Å². The van der Waals surface area contributed by atoms with E-state index >= 15 is 0 Å². The summed E-state index contributed by atoms with van der Waals surface area (Å²) in [4.78, 5) is 12.5. The predicted molar refractivity (Wildman–Crippen MR) is 94.2 cm³/mol. The maximum atomic E-state index is 10.5. The molecule has 3 heterocycles. The minimum Gasteiger partial charge on any atom is -0.390 e. The van der Waals surface area contributed by atoms with Crippen LogP contribution in [-0.4, -0.2) is 62.6 Å². The zero-order chi connectivity index (χ0) is 16.8. The van der Waals surface area contributed by atoms with Crippen molar-refractivity contribution in [1.29, 1.82) is 0 Å². The Hall–Kier alpha value is -1.43. The molecular formula is C15H24N5O2P. The molecule has 2 aromatic rings. The third-order valence-corrected chi connectivity index (χ3v) is 5.83. The van der Waals surface area contributed by atoms with Crippen LogP contribution in [0.15, 0.2) is 12.7 Å². The lowest BCUT2D eigenvalue weighted by Crippen LogP contribution is -2.26. The van der Waals surface area contributed by atoms with E-state index in [9.17, 15) is 5.11 Å². The number of aliphatic hydroxyl groups excluding tert-OH is 1. The van der Waals surface area contributed by atoms with E-state index in [2.05, 4.69) is 34.6 Å². The SMILES string of the molecule is C=P(C)(C)CC[C@H]1O[C@@H](n2cnc3c(N)ncnc32)[C@H](C)[C@@H]1O. The minimum atomic E-state index is -1.14. The number of nitrogens with two attached hydrogens (primary N) is 1. The number of hydrogen-bond donors (Lipinski definition) is 2. The van der Waals surface area contributed by atoms with Crippen LogP contribution in [0.1, 0.15) is 19.6 Å². The Morgan fingerprint density at radius 2 is 2.13 bits per heavy atom. The van der Waals surface area contributed by atoms with E-state index in [4.69, 9.17) is 10.5 Å². The van der Waals surface area contributed by atoms with E-state index < -0.39 is 13.0 Å². The summed E-state index contributed by atoms with van der Waals surface area (Å²) < 4.78 is 7.97. The summed E-state index contributed by atoms with van der Waals surface area (Å²) in [5.41, 5.74) is 7.03. The molecule has 7 nitrogen and oxygen atoms in total. The van der Waals surface area contributed by atoms with Crippen molar-refractivity contribution >= 4 is 30.2 Å². The molecule has 23 heavy (non-hydrogen) atoms. The fourth-order valence-corrected chi connectivity index (χ4v) is 3.93. The van der Waals surface area contributed by atoms with E-state index in [0.717, 1.165) is 12.6 Å². The van der Waals surface area contributed by atoms with Crippen LogP contribution in [-0.2, 0) is 4.74 Å². The van der Waals surface area contributed by atoms with Crippen LogP contribution in [0.5, 0.6) is 0 Å². The van der Waals surface area contributed by atoms with Gasteiger partial charge in [0.05, 0.1) is 18.5 Å². The van der Waals surface area contributed by atoms with Crippen molar-refractivity contribution < 1.29 is 9.84 Å². The quantitative estimate of drug-likeness (QED) is 0.818. The second-order valence-electron chi connectivity index (χ2n) is 6.95. The van der Waals surface area contributed by atoms with Gasteiger partial charge in [0.15, 0.2) is 11.5 Å². The lowest BCUT2D eigenvalue weighted by atomic mass is 10.0. The molecule has 1 aliphatic heterocycles. The number of anilines is 1. The lowest BCUT2D eigenvalue weighted by Gasteiger charge is -2.19. The number of aliphatic hydroxyl groups is 1. The van der Waals surface area contributed by atoms with Crippen molar-refractivity contribution in [3.05, 3.63) is 12.7 Å². The number of imidazole rings is 1. The fraction of sp³-hybridized carbons (Fsp3) is 0.600. The fourth-order valence-electron chi connectivity index (χ4n) is 2.98. The maximum Gasteiger partial charge on any atom is 0.167 e. The van der Waals surface area contributed by atoms with E-state index in [1.165, 1.54) is 6.33 Å². The molecule has 3 rings (SSSR count). The molecule has 8 heteroatoms. The summed E-state index contributed by atoms with van der Waals surface area (Å²) in [5.74, 6) is 0.292. The summed E-state index contributed by atoms with van der Waals surface area (Å²) in [6, 6.07) is 0. The molecule has 0 spiro atoms. The monoisotopic (exact) mass is 337 g/mol. The van der Waals surface area contributed by atoms with E-state index in [1.54, 1.807) is 6.33 Å². The molecule has 0 radical (unpaired) electrons. The largest absolute Gasteiger partial charge is 0.390 e. The number of rotatable bonds is 4. The van der Waals surface area contributed by atoms with E-state index in [-0.39, 0.29) is 18.2 Å². The third-order valence-electron chi connectivity index (χ3n) is 4.36. The number of nitrogen functional groups attached to an aromatic ring is 1. The van der Waals surface area contributed by atoms with Gasteiger partial charge in [0.1, 0.15) is 18.1 Å².